The number of carbonyl (C=O) groups excluding carboxylic acids is 2. The topological polar surface area (TPSA) is 52.7 Å². The molecule has 2 aliphatic rings. The van der Waals surface area contributed by atoms with Gasteiger partial charge in [0.05, 0.1) is 12.0 Å². The number of rotatable bonds is 6. The second-order valence-electron chi connectivity index (χ2n) is 7.87. The highest BCUT2D eigenvalue weighted by atomic mass is 16.2. The van der Waals surface area contributed by atoms with Crippen molar-refractivity contribution in [1.82, 2.24) is 15.1 Å². The molecule has 27 heavy (non-hydrogen) atoms. The van der Waals surface area contributed by atoms with Crippen LogP contribution in [-0.4, -0.2) is 54.3 Å². The largest absolute Gasteiger partial charge is 0.354 e. The van der Waals surface area contributed by atoms with E-state index in [1.54, 1.807) is 0 Å². The van der Waals surface area contributed by atoms with E-state index in [-0.39, 0.29) is 23.8 Å². The highest BCUT2D eigenvalue weighted by Gasteiger charge is 2.39. The molecule has 148 valence electrons. The Balaban J connectivity index is 1.67. The van der Waals surface area contributed by atoms with Crippen molar-refractivity contribution in [3.8, 4) is 0 Å². The standard InChI is InChI=1S/C22H33N3O2/c1-3-25-20(26)12-11-19(21(25)18-9-7-17(2)8-10-18)22(27)23-13-16-24-14-5-4-6-15-24/h7-10,19,21H,3-6,11-16H2,1-2H3,(H,23,27)/t19-,21+/m1/s1. The summed E-state index contributed by atoms with van der Waals surface area (Å²) in [6.07, 6.45) is 4.94. The summed E-state index contributed by atoms with van der Waals surface area (Å²) < 4.78 is 0. The van der Waals surface area contributed by atoms with Gasteiger partial charge >= 0.3 is 0 Å². The number of aryl methyl sites for hydroxylation is 1. The number of carbonyl (C=O) groups is 2. The third-order valence-electron chi connectivity index (χ3n) is 5.98. The van der Waals surface area contributed by atoms with Crippen molar-refractivity contribution in [2.45, 2.75) is 52.0 Å². The Morgan fingerprint density at radius 2 is 1.85 bits per heavy atom. The van der Waals surface area contributed by atoms with Gasteiger partial charge < -0.3 is 15.1 Å². The molecular formula is C22H33N3O2. The van der Waals surface area contributed by atoms with Crippen LogP contribution in [0, 0.1) is 12.8 Å². The first-order chi connectivity index (χ1) is 13.1. The van der Waals surface area contributed by atoms with Crippen LogP contribution in [0.15, 0.2) is 24.3 Å². The predicted molar refractivity (Wildman–Crippen MR) is 107 cm³/mol. The molecule has 0 spiro atoms. The molecule has 0 unspecified atom stereocenters. The van der Waals surface area contributed by atoms with E-state index in [1.165, 1.54) is 24.8 Å². The molecule has 0 radical (unpaired) electrons. The highest BCUT2D eigenvalue weighted by Crippen LogP contribution is 2.36. The van der Waals surface area contributed by atoms with E-state index in [4.69, 9.17) is 0 Å². The van der Waals surface area contributed by atoms with E-state index in [9.17, 15) is 9.59 Å². The zero-order valence-corrected chi connectivity index (χ0v) is 16.7. The lowest BCUT2D eigenvalue weighted by molar-refractivity contribution is -0.143. The fourth-order valence-electron chi connectivity index (χ4n) is 4.43. The average molecular weight is 372 g/mol. The Kier molecular flexibility index (Phi) is 6.89. The van der Waals surface area contributed by atoms with Gasteiger partial charge in [0, 0.05) is 26.1 Å². The summed E-state index contributed by atoms with van der Waals surface area (Å²) >= 11 is 0. The van der Waals surface area contributed by atoms with Crippen molar-refractivity contribution in [3.63, 3.8) is 0 Å². The summed E-state index contributed by atoms with van der Waals surface area (Å²) in [6, 6.07) is 8.10. The summed E-state index contributed by atoms with van der Waals surface area (Å²) in [6.45, 7) is 8.58. The van der Waals surface area contributed by atoms with E-state index >= 15 is 0 Å². The maximum atomic E-state index is 13.0. The van der Waals surface area contributed by atoms with Gasteiger partial charge in [-0.3, -0.25) is 9.59 Å². The molecule has 3 rings (SSSR count). The molecule has 0 aliphatic carbocycles. The van der Waals surface area contributed by atoms with E-state index < -0.39 is 0 Å². The zero-order valence-electron chi connectivity index (χ0n) is 16.7. The smallest absolute Gasteiger partial charge is 0.225 e. The van der Waals surface area contributed by atoms with Gasteiger partial charge in [0.1, 0.15) is 0 Å². The minimum atomic E-state index is -0.174. The van der Waals surface area contributed by atoms with Gasteiger partial charge in [-0.2, -0.15) is 0 Å². The molecule has 0 saturated carbocycles. The average Bonchev–Trinajstić information content (AvgIpc) is 2.69. The number of benzene rings is 1. The third kappa shape index (κ3) is 4.89. The number of nitrogens with zero attached hydrogens (tertiary/aromatic N) is 2. The van der Waals surface area contributed by atoms with Gasteiger partial charge in [0.15, 0.2) is 0 Å². The number of likely N-dealkylation sites (tertiary alicyclic amines) is 2. The molecule has 0 bridgehead atoms. The molecule has 0 aromatic heterocycles. The van der Waals surface area contributed by atoms with Crippen molar-refractivity contribution in [2.24, 2.45) is 5.92 Å². The van der Waals surface area contributed by atoms with E-state index in [2.05, 4.69) is 41.4 Å². The number of hydrogen-bond acceptors (Lipinski definition) is 3. The molecule has 5 nitrogen and oxygen atoms in total. The molecule has 2 amide bonds. The van der Waals surface area contributed by atoms with Crippen LogP contribution in [0.4, 0.5) is 0 Å². The van der Waals surface area contributed by atoms with Gasteiger partial charge in [-0.15, -0.1) is 0 Å². The van der Waals surface area contributed by atoms with Gasteiger partial charge in [0.25, 0.3) is 0 Å². The first-order valence-corrected chi connectivity index (χ1v) is 10.5. The Morgan fingerprint density at radius 3 is 2.52 bits per heavy atom. The molecule has 2 heterocycles. The van der Waals surface area contributed by atoms with Crippen molar-refractivity contribution in [3.05, 3.63) is 35.4 Å². The molecule has 2 atom stereocenters. The molecule has 5 heteroatoms. The number of hydrogen-bond donors (Lipinski definition) is 1. The monoisotopic (exact) mass is 371 g/mol. The van der Waals surface area contributed by atoms with Crippen molar-refractivity contribution >= 4 is 11.8 Å². The third-order valence-corrected chi connectivity index (χ3v) is 5.98. The molecule has 2 aliphatic heterocycles. The fourth-order valence-corrected chi connectivity index (χ4v) is 4.43. The van der Waals surface area contributed by atoms with Crippen LogP contribution < -0.4 is 5.32 Å². The van der Waals surface area contributed by atoms with Gasteiger partial charge in [-0.25, -0.2) is 0 Å². The van der Waals surface area contributed by atoms with Crippen LogP contribution in [0.1, 0.15) is 56.2 Å². The lowest BCUT2D eigenvalue weighted by Gasteiger charge is -2.40. The maximum Gasteiger partial charge on any atom is 0.225 e. The summed E-state index contributed by atoms with van der Waals surface area (Å²) in [7, 11) is 0. The van der Waals surface area contributed by atoms with Crippen LogP contribution in [0.25, 0.3) is 0 Å². The molecule has 1 N–H and O–H groups in total. The van der Waals surface area contributed by atoms with Gasteiger partial charge in [-0.05, 0) is 51.8 Å². The van der Waals surface area contributed by atoms with Crippen molar-refractivity contribution < 1.29 is 9.59 Å². The fraction of sp³-hybridized carbons (Fsp3) is 0.636. The lowest BCUT2D eigenvalue weighted by Crippen LogP contribution is -2.49. The summed E-state index contributed by atoms with van der Waals surface area (Å²) in [4.78, 5) is 29.8. The van der Waals surface area contributed by atoms with Gasteiger partial charge in [0.2, 0.25) is 11.8 Å². The molecule has 2 fully saturated rings. The van der Waals surface area contributed by atoms with E-state index in [0.29, 0.717) is 25.9 Å². The van der Waals surface area contributed by atoms with Gasteiger partial charge in [-0.1, -0.05) is 36.2 Å². The maximum absolute atomic E-state index is 13.0. The van der Waals surface area contributed by atoms with Crippen molar-refractivity contribution in [1.29, 1.82) is 0 Å². The summed E-state index contributed by atoms with van der Waals surface area (Å²) in [5, 5.41) is 3.15. The van der Waals surface area contributed by atoms with Crippen LogP contribution in [0.5, 0.6) is 0 Å². The normalized spacial score (nSPS) is 24.1. The van der Waals surface area contributed by atoms with Crippen LogP contribution in [0.2, 0.25) is 0 Å². The first-order valence-electron chi connectivity index (χ1n) is 10.5. The minimum absolute atomic E-state index is 0.0866. The Labute approximate surface area is 163 Å². The highest BCUT2D eigenvalue weighted by molar-refractivity contribution is 5.85. The molecule has 1 aromatic carbocycles. The first kappa shape index (κ1) is 19.9. The zero-order chi connectivity index (χ0) is 19.2. The SMILES string of the molecule is CCN1C(=O)CC[C@@H](C(=O)NCCN2CCCCC2)[C@@H]1c1ccc(C)cc1. The summed E-state index contributed by atoms with van der Waals surface area (Å²) in [5.41, 5.74) is 2.25. The minimum Gasteiger partial charge on any atom is -0.354 e. The summed E-state index contributed by atoms with van der Waals surface area (Å²) in [5.74, 6) is 0.0655. The predicted octanol–water partition coefficient (Wildman–Crippen LogP) is 2.90. The molecule has 2 saturated heterocycles. The Hall–Kier alpha value is -1.88. The van der Waals surface area contributed by atoms with E-state index in [0.717, 1.165) is 25.2 Å². The van der Waals surface area contributed by atoms with Crippen LogP contribution >= 0.6 is 0 Å². The number of piperidine rings is 2. The number of amides is 2. The molecular weight excluding hydrogens is 338 g/mol. The molecule has 1 aromatic rings. The van der Waals surface area contributed by atoms with Crippen LogP contribution in [0.3, 0.4) is 0 Å². The Morgan fingerprint density at radius 1 is 1.15 bits per heavy atom. The quantitative estimate of drug-likeness (QED) is 0.837. The van der Waals surface area contributed by atoms with Crippen molar-refractivity contribution in [2.75, 3.05) is 32.7 Å². The lowest BCUT2D eigenvalue weighted by atomic mass is 9.83. The second kappa shape index (κ2) is 9.36. The van der Waals surface area contributed by atoms with E-state index in [1.807, 2.05) is 11.8 Å². The number of nitrogens with one attached hydrogen (secondary N) is 1. The van der Waals surface area contributed by atoms with Crippen LogP contribution in [-0.2, 0) is 9.59 Å². The Bertz CT molecular complexity index is 637. The second-order valence-corrected chi connectivity index (χ2v) is 7.87.